The van der Waals surface area contributed by atoms with Crippen LogP contribution >= 0.6 is 11.3 Å². The van der Waals surface area contributed by atoms with Gasteiger partial charge in [0.05, 0.1) is 25.6 Å². The molecule has 2 aromatic heterocycles. The van der Waals surface area contributed by atoms with Gasteiger partial charge in [-0.2, -0.15) is 0 Å². The van der Waals surface area contributed by atoms with Gasteiger partial charge in [0.15, 0.2) is 0 Å². The Morgan fingerprint density at radius 3 is 2.57 bits per heavy atom. The van der Waals surface area contributed by atoms with E-state index in [1.807, 2.05) is 60.7 Å². The summed E-state index contributed by atoms with van der Waals surface area (Å²) >= 11 is 1.47. The summed E-state index contributed by atoms with van der Waals surface area (Å²) in [5.41, 5.74) is 1.78. The fraction of sp³-hybridized carbons (Fsp3) is 0.182. The average Bonchev–Trinajstić information content (AvgIpc) is 3.19. The number of nitrogens with zero attached hydrogens (tertiary/aromatic N) is 2. The van der Waals surface area contributed by atoms with Gasteiger partial charge in [-0.3, -0.25) is 9.36 Å². The molecule has 28 heavy (non-hydrogen) atoms. The van der Waals surface area contributed by atoms with E-state index in [1.165, 1.54) is 11.3 Å². The molecule has 0 bridgehead atoms. The van der Waals surface area contributed by atoms with Crippen LogP contribution in [0, 0.1) is 0 Å². The third-order valence-electron chi connectivity index (χ3n) is 4.43. The van der Waals surface area contributed by atoms with E-state index in [-0.39, 0.29) is 5.56 Å². The molecule has 0 aliphatic heterocycles. The van der Waals surface area contributed by atoms with Crippen molar-refractivity contribution >= 4 is 21.6 Å². The highest BCUT2D eigenvalue weighted by Gasteiger charge is 2.10. The molecular formula is C22H20N2O3S. The van der Waals surface area contributed by atoms with Gasteiger partial charge >= 0.3 is 0 Å². The van der Waals surface area contributed by atoms with E-state index >= 15 is 0 Å². The molecule has 142 valence electrons. The van der Waals surface area contributed by atoms with E-state index < -0.39 is 0 Å². The summed E-state index contributed by atoms with van der Waals surface area (Å²) in [5, 5.41) is 0. The van der Waals surface area contributed by atoms with Gasteiger partial charge in [0.2, 0.25) is 0 Å². The molecule has 0 radical (unpaired) electrons. The number of fused-ring (bicyclic) bond motifs is 1. The molecule has 0 spiro atoms. The monoisotopic (exact) mass is 392 g/mol. The second-order valence-electron chi connectivity index (χ2n) is 6.31. The highest BCUT2D eigenvalue weighted by Crippen LogP contribution is 2.31. The molecule has 0 saturated heterocycles. The Kier molecular flexibility index (Phi) is 5.39. The Labute approximate surface area is 166 Å². The van der Waals surface area contributed by atoms with Crippen molar-refractivity contribution in [2.24, 2.45) is 0 Å². The number of ether oxygens (including phenoxy) is 2. The van der Waals surface area contributed by atoms with Gasteiger partial charge in [-0.25, -0.2) is 4.98 Å². The summed E-state index contributed by atoms with van der Waals surface area (Å²) in [5.74, 6) is 1.65. The summed E-state index contributed by atoms with van der Waals surface area (Å²) in [4.78, 5) is 18.3. The average molecular weight is 392 g/mol. The van der Waals surface area contributed by atoms with Crippen LogP contribution in [0.3, 0.4) is 0 Å². The molecule has 2 heterocycles. The number of rotatable bonds is 7. The highest BCUT2D eigenvalue weighted by molar-refractivity contribution is 7.22. The molecule has 0 unspecified atom stereocenters. The first-order valence-corrected chi connectivity index (χ1v) is 9.87. The standard InChI is InChI=1S/C22H20N2O3S/c1-26-17-10-8-16(9-11-17)20-14-19-21(28-20)22(25)24(15-23-19)12-5-13-27-18-6-3-2-4-7-18/h2-4,6-11,14-15H,5,12-13H2,1H3. The second kappa shape index (κ2) is 8.27. The number of hydrogen-bond acceptors (Lipinski definition) is 5. The maximum absolute atomic E-state index is 12.8. The minimum Gasteiger partial charge on any atom is -0.497 e. The van der Waals surface area contributed by atoms with Crippen LogP contribution in [0.25, 0.3) is 20.7 Å². The SMILES string of the molecule is COc1ccc(-c2cc3ncn(CCCOc4ccccc4)c(=O)c3s2)cc1. The van der Waals surface area contributed by atoms with Crippen molar-refractivity contribution in [1.82, 2.24) is 9.55 Å². The van der Waals surface area contributed by atoms with Crippen molar-refractivity contribution in [3.63, 3.8) is 0 Å². The van der Waals surface area contributed by atoms with Crippen molar-refractivity contribution in [3.05, 3.63) is 77.3 Å². The molecule has 4 aromatic rings. The number of aryl methyl sites for hydroxylation is 1. The summed E-state index contributed by atoms with van der Waals surface area (Å²) in [6.07, 6.45) is 2.36. The number of aromatic nitrogens is 2. The lowest BCUT2D eigenvalue weighted by atomic mass is 10.2. The molecule has 0 aliphatic carbocycles. The zero-order valence-electron chi connectivity index (χ0n) is 15.5. The molecule has 4 rings (SSSR count). The zero-order valence-corrected chi connectivity index (χ0v) is 16.3. The molecule has 6 heteroatoms. The second-order valence-corrected chi connectivity index (χ2v) is 7.36. The predicted octanol–water partition coefficient (Wildman–Crippen LogP) is 4.60. The maximum atomic E-state index is 12.8. The lowest BCUT2D eigenvalue weighted by molar-refractivity contribution is 0.301. The Balaban J connectivity index is 1.48. The minimum atomic E-state index is -0.00512. The van der Waals surface area contributed by atoms with Crippen LogP contribution < -0.4 is 15.0 Å². The molecule has 2 aromatic carbocycles. The number of benzene rings is 2. The lowest BCUT2D eigenvalue weighted by Crippen LogP contribution is -2.20. The van der Waals surface area contributed by atoms with Gasteiger partial charge in [0.1, 0.15) is 16.2 Å². The summed E-state index contributed by atoms with van der Waals surface area (Å²) < 4.78 is 13.2. The summed E-state index contributed by atoms with van der Waals surface area (Å²) in [6.45, 7) is 1.13. The van der Waals surface area contributed by atoms with E-state index in [0.29, 0.717) is 17.9 Å². The van der Waals surface area contributed by atoms with E-state index in [1.54, 1.807) is 18.0 Å². The van der Waals surface area contributed by atoms with Gasteiger partial charge in [-0.1, -0.05) is 18.2 Å². The topological polar surface area (TPSA) is 53.4 Å². The van der Waals surface area contributed by atoms with E-state index in [2.05, 4.69) is 4.98 Å². The van der Waals surface area contributed by atoms with Crippen LogP contribution in [0.2, 0.25) is 0 Å². The molecule has 0 atom stereocenters. The Morgan fingerprint density at radius 2 is 1.82 bits per heavy atom. The lowest BCUT2D eigenvalue weighted by Gasteiger charge is -2.07. The molecule has 0 N–H and O–H groups in total. The third-order valence-corrected chi connectivity index (χ3v) is 5.59. The molecule has 0 saturated carbocycles. The van der Waals surface area contributed by atoms with Gasteiger partial charge < -0.3 is 9.47 Å². The zero-order chi connectivity index (χ0) is 19.3. The van der Waals surface area contributed by atoms with Crippen molar-refractivity contribution in [2.75, 3.05) is 13.7 Å². The molecule has 0 fully saturated rings. The van der Waals surface area contributed by atoms with E-state index in [0.717, 1.165) is 33.9 Å². The first-order chi connectivity index (χ1) is 13.7. The van der Waals surface area contributed by atoms with Gasteiger partial charge in [-0.05, 0) is 54.4 Å². The molecule has 5 nitrogen and oxygen atoms in total. The normalized spacial score (nSPS) is 10.9. The van der Waals surface area contributed by atoms with Gasteiger partial charge in [0.25, 0.3) is 5.56 Å². The van der Waals surface area contributed by atoms with Gasteiger partial charge in [0, 0.05) is 11.4 Å². The Hall–Kier alpha value is -3.12. The largest absolute Gasteiger partial charge is 0.497 e. The maximum Gasteiger partial charge on any atom is 0.271 e. The third kappa shape index (κ3) is 3.92. The summed E-state index contributed by atoms with van der Waals surface area (Å²) in [7, 11) is 1.64. The number of thiophene rings is 1. The Morgan fingerprint density at radius 1 is 1.04 bits per heavy atom. The van der Waals surface area contributed by atoms with Crippen molar-refractivity contribution in [2.45, 2.75) is 13.0 Å². The van der Waals surface area contributed by atoms with Crippen molar-refractivity contribution in [3.8, 4) is 21.9 Å². The van der Waals surface area contributed by atoms with Crippen molar-refractivity contribution < 1.29 is 9.47 Å². The van der Waals surface area contributed by atoms with Crippen LogP contribution in [0.15, 0.2) is 71.8 Å². The fourth-order valence-corrected chi connectivity index (χ4v) is 4.01. The van der Waals surface area contributed by atoms with Crippen LogP contribution in [0.5, 0.6) is 11.5 Å². The quantitative estimate of drug-likeness (QED) is 0.431. The van der Waals surface area contributed by atoms with Crippen LogP contribution in [0.1, 0.15) is 6.42 Å². The van der Waals surface area contributed by atoms with Crippen LogP contribution in [-0.4, -0.2) is 23.3 Å². The highest BCUT2D eigenvalue weighted by atomic mass is 32.1. The number of para-hydroxylation sites is 1. The number of methoxy groups -OCH3 is 1. The van der Waals surface area contributed by atoms with E-state index in [9.17, 15) is 4.79 Å². The Bertz CT molecular complexity index is 1120. The van der Waals surface area contributed by atoms with Crippen molar-refractivity contribution in [1.29, 1.82) is 0 Å². The first-order valence-electron chi connectivity index (χ1n) is 9.06. The summed E-state index contributed by atoms with van der Waals surface area (Å²) in [6, 6.07) is 19.4. The van der Waals surface area contributed by atoms with Gasteiger partial charge in [-0.15, -0.1) is 11.3 Å². The van der Waals surface area contributed by atoms with Crippen LogP contribution in [-0.2, 0) is 6.54 Å². The molecule has 0 aliphatic rings. The predicted molar refractivity (Wildman–Crippen MR) is 112 cm³/mol. The van der Waals surface area contributed by atoms with E-state index in [4.69, 9.17) is 9.47 Å². The molecular weight excluding hydrogens is 372 g/mol. The molecule has 0 amide bonds. The number of hydrogen-bond donors (Lipinski definition) is 0. The minimum absolute atomic E-state index is 0.00512. The smallest absolute Gasteiger partial charge is 0.271 e. The van der Waals surface area contributed by atoms with Crippen LogP contribution in [0.4, 0.5) is 0 Å². The fourth-order valence-electron chi connectivity index (χ4n) is 2.94. The first kappa shape index (κ1) is 18.3.